The van der Waals surface area contributed by atoms with Crippen molar-refractivity contribution in [2.24, 2.45) is 0 Å². The third kappa shape index (κ3) is 7.40. The molecule has 0 aliphatic carbocycles. The Morgan fingerprint density at radius 2 is 1.62 bits per heavy atom. The van der Waals surface area contributed by atoms with Crippen LogP contribution in [0, 0.1) is 5.82 Å². The zero-order chi connectivity index (χ0) is 15.5. The standard InChI is InChI=1S/C13H20BFO6/c1-18-4-5-19-6-7-20-8-9-21-13-3-2-11(15)10-12(13)14(16)17/h2-3,10,16-17H,4-9H2,1H3. The summed E-state index contributed by atoms with van der Waals surface area (Å²) >= 11 is 0. The third-order valence-electron chi connectivity index (χ3n) is 2.54. The van der Waals surface area contributed by atoms with Gasteiger partial charge >= 0.3 is 7.12 Å². The van der Waals surface area contributed by atoms with Gasteiger partial charge in [-0.15, -0.1) is 0 Å². The molecule has 0 fully saturated rings. The van der Waals surface area contributed by atoms with Crippen LogP contribution in [-0.2, 0) is 14.2 Å². The van der Waals surface area contributed by atoms with Crippen LogP contribution in [0.15, 0.2) is 18.2 Å². The van der Waals surface area contributed by atoms with Crippen molar-refractivity contribution in [2.75, 3.05) is 46.8 Å². The first-order valence-electron chi connectivity index (χ1n) is 6.58. The summed E-state index contributed by atoms with van der Waals surface area (Å²) in [4.78, 5) is 0. The first kappa shape index (κ1) is 17.9. The molecule has 1 aromatic rings. The SMILES string of the molecule is COCCOCCOCCOc1ccc(F)cc1B(O)O. The highest BCUT2D eigenvalue weighted by Gasteiger charge is 2.17. The van der Waals surface area contributed by atoms with Crippen molar-refractivity contribution >= 4 is 12.6 Å². The first-order chi connectivity index (χ1) is 10.1. The van der Waals surface area contributed by atoms with E-state index in [4.69, 9.17) is 29.0 Å². The molecule has 0 radical (unpaired) electrons. The summed E-state index contributed by atoms with van der Waals surface area (Å²) in [5.74, 6) is -0.346. The highest BCUT2D eigenvalue weighted by Crippen LogP contribution is 2.09. The lowest BCUT2D eigenvalue weighted by molar-refractivity contribution is 0.0180. The van der Waals surface area contributed by atoms with E-state index < -0.39 is 12.9 Å². The summed E-state index contributed by atoms with van der Waals surface area (Å²) in [6, 6.07) is 3.55. The lowest BCUT2D eigenvalue weighted by Crippen LogP contribution is -2.32. The third-order valence-corrected chi connectivity index (χ3v) is 2.54. The van der Waals surface area contributed by atoms with Gasteiger partial charge in [-0.3, -0.25) is 0 Å². The van der Waals surface area contributed by atoms with Crippen LogP contribution in [-0.4, -0.2) is 63.9 Å². The van der Waals surface area contributed by atoms with Gasteiger partial charge in [0.15, 0.2) is 0 Å². The van der Waals surface area contributed by atoms with Gasteiger partial charge in [-0.1, -0.05) is 0 Å². The van der Waals surface area contributed by atoms with Crippen LogP contribution < -0.4 is 10.2 Å². The highest BCUT2D eigenvalue weighted by molar-refractivity contribution is 6.59. The fourth-order valence-corrected chi connectivity index (χ4v) is 1.53. The van der Waals surface area contributed by atoms with Gasteiger partial charge in [0, 0.05) is 12.6 Å². The van der Waals surface area contributed by atoms with Crippen molar-refractivity contribution < 1.29 is 33.4 Å². The van der Waals surface area contributed by atoms with E-state index in [1.54, 1.807) is 7.11 Å². The molecule has 0 atom stereocenters. The average Bonchev–Trinajstić information content (AvgIpc) is 2.46. The smallest absolute Gasteiger partial charge is 0.492 e. The van der Waals surface area contributed by atoms with E-state index in [2.05, 4.69) is 0 Å². The van der Waals surface area contributed by atoms with Gasteiger partial charge in [0.25, 0.3) is 0 Å². The molecule has 0 saturated heterocycles. The minimum atomic E-state index is -1.79. The normalized spacial score (nSPS) is 10.7. The van der Waals surface area contributed by atoms with Crippen LogP contribution in [0.2, 0.25) is 0 Å². The molecule has 0 aliphatic heterocycles. The highest BCUT2D eigenvalue weighted by atomic mass is 19.1. The zero-order valence-corrected chi connectivity index (χ0v) is 12.0. The Hall–Kier alpha value is -1.19. The fraction of sp³-hybridized carbons (Fsp3) is 0.538. The maximum absolute atomic E-state index is 13.0. The summed E-state index contributed by atoms with van der Waals surface area (Å²) in [5.41, 5.74) is -0.0158. The predicted octanol–water partition coefficient (Wildman–Crippen LogP) is -0.436. The Balaban J connectivity index is 2.18. The molecule has 21 heavy (non-hydrogen) atoms. The molecule has 1 rings (SSSR count). The average molecular weight is 302 g/mol. The van der Waals surface area contributed by atoms with Crippen molar-refractivity contribution in [3.8, 4) is 5.75 Å². The van der Waals surface area contributed by atoms with Gasteiger partial charge in [0.1, 0.15) is 18.2 Å². The number of benzene rings is 1. The van der Waals surface area contributed by atoms with Gasteiger partial charge < -0.3 is 29.0 Å². The molecule has 1 aromatic carbocycles. The van der Waals surface area contributed by atoms with Crippen LogP contribution in [0.3, 0.4) is 0 Å². The molecular formula is C13H20BFO6. The molecule has 0 bridgehead atoms. The molecular weight excluding hydrogens is 282 g/mol. The Kier molecular flexibility index (Phi) is 8.96. The Morgan fingerprint density at radius 3 is 2.24 bits per heavy atom. The second kappa shape index (κ2) is 10.5. The largest absolute Gasteiger partial charge is 0.492 e. The lowest BCUT2D eigenvalue weighted by atomic mass is 9.79. The molecule has 0 aliphatic rings. The molecule has 0 saturated carbocycles. The molecule has 8 heteroatoms. The number of ether oxygens (including phenoxy) is 4. The van der Waals surface area contributed by atoms with E-state index in [9.17, 15) is 4.39 Å². The maximum atomic E-state index is 13.0. The van der Waals surface area contributed by atoms with E-state index in [0.29, 0.717) is 33.0 Å². The summed E-state index contributed by atoms with van der Waals surface area (Å²) in [7, 11) is -0.185. The van der Waals surface area contributed by atoms with Gasteiger partial charge in [0.2, 0.25) is 0 Å². The Labute approximate surface area is 123 Å². The summed E-state index contributed by atoms with van der Waals surface area (Å²) in [6.07, 6.45) is 0. The van der Waals surface area contributed by atoms with Crippen LogP contribution in [0.1, 0.15) is 0 Å². The molecule has 0 spiro atoms. The van der Waals surface area contributed by atoms with Gasteiger partial charge in [-0.2, -0.15) is 0 Å². The quantitative estimate of drug-likeness (QED) is 0.426. The zero-order valence-electron chi connectivity index (χ0n) is 12.0. The van der Waals surface area contributed by atoms with E-state index >= 15 is 0 Å². The monoisotopic (exact) mass is 302 g/mol. The fourth-order valence-electron chi connectivity index (χ4n) is 1.53. The van der Waals surface area contributed by atoms with Crippen LogP contribution in [0.25, 0.3) is 0 Å². The molecule has 6 nitrogen and oxygen atoms in total. The number of halogens is 1. The van der Waals surface area contributed by atoms with Gasteiger partial charge in [-0.25, -0.2) is 4.39 Å². The molecule has 0 amide bonds. The van der Waals surface area contributed by atoms with E-state index in [0.717, 1.165) is 6.07 Å². The summed E-state index contributed by atoms with van der Waals surface area (Å²) in [6.45, 7) is 2.46. The Bertz CT molecular complexity index is 404. The second-order valence-corrected chi connectivity index (χ2v) is 4.12. The Morgan fingerprint density at radius 1 is 1.00 bits per heavy atom. The number of rotatable bonds is 11. The van der Waals surface area contributed by atoms with Gasteiger partial charge in [0.05, 0.1) is 33.0 Å². The van der Waals surface area contributed by atoms with Crippen molar-refractivity contribution in [1.29, 1.82) is 0 Å². The number of hydrogen-bond donors (Lipinski definition) is 2. The molecule has 0 unspecified atom stereocenters. The van der Waals surface area contributed by atoms with Crippen molar-refractivity contribution in [3.63, 3.8) is 0 Å². The summed E-state index contributed by atoms with van der Waals surface area (Å²) in [5, 5.41) is 18.2. The molecule has 0 heterocycles. The first-order valence-corrected chi connectivity index (χ1v) is 6.58. The van der Waals surface area contributed by atoms with Crippen molar-refractivity contribution in [1.82, 2.24) is 0 Å². The van der Waals surface area contributed by atoms with Crippen molar-refractivity contribution in [2.45, 2.75) is 0 Å². The van der Waals surface area contributed by atoms with E-state index in [1.165, 1.54) is 12.1 Å². The maximum Gasteiger partial charge on any atom is 0.492 e. The predicted molar refractivity (Wildman–Crippen MR) is 75.2 cm³/mol. The van der Waals surface area contributed by atoms with Gasteiger partial charge in [-0.05, 0) is 18.2 Å². The molecule has 118 valence electrons. The minimum Gasteiger partial charge on any atom is -0.492 e. The topological polar surface area (TPSA) is 77.4 Å². The minimum absolute atomic E-state index is 0.0158. The van der Waals surface area contributed by atoms with Crippen LogP contribution in [0.4, 0.5) is 4.39 Å². The summed E-state index contributed by atoms with van der Waals surface area (Å²) < 4.78 is 33.6. The van der Waals surface area contributed by atoms with Crippen LogP contribution in [0.5, 0.6) is 5.75 Å². The van der Waals surface area contributed by atoms with Crippen LogP contribution >= 0.6 is 0 Å². The number of hydrogen-bond acceptors (Lipinski definition) is 6. The van der Waals surface area contributed by atoms with E-state index in [1.807, 2.05) is 0 Å². The second-order valence-electron chi connectivity index (χ2n) is 4.12. The van der Waals surface area contributed by atoms with Crippen molar-refractivity contribution in [3.05, 3.63) is 24.0 Å². The molecule has 2 N–H and O–H groups in total. The number of methoxy groups -OCH3 is 1. The molecule has 0 aromatic heterocycles. The van der Waals surface area contributed by atoms with E-state index in [-0.39, 0.29) is 17.8 Å². The lowest BCUT2D eigenvalue weighted by Gasteiger charge is -2.11.